The van der Waals surface area contributed by atoms with Gasteiger partial charge in [-0.3, -0.25) is 0 Å². The summed E-state index contributed by atoms with van der Waals surface area (Å²) in [6.07, 6.45) is 0.364. The van der Waals surface area contributed by atoms with Gasteiger partial charge in [0.25, 0.3) is 0 Å². The van der Waals surface area contributed by atoms with Crippen LogP contribution in [0.15, 0.2) is 0 Å². The topological polar surface area (TPSA) is 21.3 Å². The molecule has 0 aliphatic carbocycles. The van der Waals surface area contributed by atoms with E-state index in [0.717, 1.165) is 13.2 Å². The van der Waals surface area contributed by atoms with E-state index in [0.29, 0.717) is 6.10 Å². The Morgan fingerprint density at radius 3 is 2.10 bits per heavy atom. The molecule has 0 spiro atoms. The van der Waals surface area contributed by atoms with Gasteiger partial charge in [-0.15, -0.1) is 0 Å². The Hall–Kier alpha value is -0.0800. The zero-order valence-electron chi connectivity index (χ0n) is 7.90. The summed E-state index contributed by atoms with van der Waals surface area (Å²) in [4.78, 5) is 0. The summed E-state index contributed by atoms with van der Waals surface area (Å²) in [5.74, 6) is 0. The molecule has 0 unspecified atom stereocenters. The van der Waals surface area contributed by atoms with E-state index in [-0.39, 0.29) is 0 Å². The Balaban J connectivity index is 0. The molecular formula is C8H21NO. The van der Waals surface area contributed by atoms with Crippen LogP contribution >= 0.6 is 0 Å². The second-order valence-corrected chi connectivity index (χ2v) is 2.02. The minimum Gasteiger partial charge on any atom is -0.377 e. The third-order valence-electron chi connectivity index (χ3n) is 0.803. The molecule has 0 saturated carbocycles. The Morgan fingerprint density at radius 1 is 1.30 bits per heavy atom. The summed E-state index contributed by atoms with van der Waals surface area (Å²) in [7, 11) is 1.92. The summed E-state index contributed by atoms with van der Waals surface area (Å²) in [5.41, 5.74) is 0. The molecule has 0 heterocycles. The minimum atomic E-state index is 0.364. The summed E-state index contributed by atoms with van der Waals surface area (Å²) in [6, 6.07) is 0. The van der Waals surface area contributed by atoms with E-state index in [1.54, 1.807) is 0 Å². The van der Waals surface area contributed by atoms with Crippen LogP contribution in [0.1, 0.15) is 27.7 Å². The van der Waals surface area contributed by atoms with Crippen LogP contribution in [0.5, 0.6) is 0 Å². The first-order valence-corrected chi connectivity index (χ1v) is 4.03. The number of hydrogen-bond donors (Lipinski definition) is 1. The molecule has 0 radical (unpaired) electrons. The zero-order chi connectivity index (χ0) is 8.41. The van der Waals surface area contributed by atoms with Crippen LogP contribution in [-0.2, 0) is 4.74 Å². The van der Waals surface area contributed by atoms with Crippen molar-refractivity contribution in [2.75, 3.05) is 20.2 Å². The van der Waals surface area contributed by atoms with Gasteiger partial charge >= 0.3 is 0 Å². The highest BCUT2D eigenvalue weighted by atomic mass is 16.5. The molecular weight excluding hydrogens is 126 g/mol. The average Bonchev–Trinajstić information content (AvgIpc) is 1.92. The van der Waals surface area contributed by atoms with Gasteiger partial charge < -0.3 is 10.1 Å². The van der Waals surface area contributed by atoms with Gasteiger partial charge in [0, 0.05) is 6.54 Å². The maximum Gasteiger partial charge on any atom is 0.0594 e. The van der Waals surface area contributed by atoms with Gasteiger partial charge in [-0.25, -0.2) is 0 Å². The van der Waals surface area contributed by atoms with Gasteiger partial charge in [-0.1, -0.05) is 13.8 Å². The molecule has 0 aromatic carbocycles. The Labute approximate surface area is 65.0 Å². The maximum atomic E-state index is 5.22. The molecule has 0 amide bonds. The third-order valence-corrected chi connectivity index (χ3v) is 0.803. The molecule has 0 saturated heterocycles. The highest BCUT2D eigenvalue weighted by molar-refractivity contribution is 4.39. The number of hydrogen-bond acceptors (Lipinski definition) is 2. The van der Waals surface area contributed by atoms with Crippen LogP contribution in [0.4, 0.5) is 0 Å². The number of nitrogens with one attached hydrogen (secondary N) is 1. The van der Waals surface area contributed by atoms with Gasteiger partial charge in [0.05, 0.1) is 12.7 Å². The molecule has 0 aromatic rings. The second kappa shape index (κ2) is 11.7. The Kier molecular flexibility index (Phi) is 14.7. The molecule has 0 rings (SSSR count). The van der Waals surface area contributed by atoms with Crippen molar-refractivity contribution >= 4 is 0 Å². The van der Waals surface area contributed by atoms with Gasteiger partial charge in [0.15, 0.2) is 0 Å². The fraction of sp³-hybridized carbons (Fsp3) is 1.00. The van der Waals surface area contributed by atoms with Crippen LogP contribution in [-0.4, -0.2) is 26.3 Å². The first-order chi connectivity index (χ1) is 4.77. The normalized spacial score (nSPS) is 9.00. The highest BCUT2D eigenvalue weighted by Crippen LogP contribution is 1.83. The lowest BCUT2D eigenvalue weighted by Gasteiger charge is -2.05. The lowest BCUT2D eigenvalue weighted by Crippen LogP contribution is -2.16. The van der Waals surface area contributed by atoms with Crippen LogP contribution in [0.3, 0.4) is 0 Å². The summed E-state index contributed by atoms with van der Waals surface area (Å²) >= 11 is 0. The molecule has 0 aliphatic rings. The van der Waals surface area contributed by atoms with Crippen molar-refractivity contribution in [1.82, 2.24) is 5.32 Å². The number of likely N-dealkylation sites (N-methyl/N-ethyl adjacent to an activating group) is 1. The largest absolute Gasteiger partial charge is 0.377 e. The first-order valence-electron chi connectivity index (χ1n) is 4.03. The SMILES string of the molecule is CC.CNCCOC(C)C. The van der Waals surface area contributed by atoms with Crippen molar-refractivity contribution < 1.29 is 4.74 Å². The van der Waals surface area contributed by atoms with Gasteiger partial charge in [-0.05, 0) is 20.9 Å². The molecule has 0 fully saturated rings. The summed E-state index contributed by atoms with van der Waals surface area (Å²) < 4.78 is 5.22. The van der Waals surface area contributed by atoms with E-state index >= 15 is 0 Å². The van der Waals surface area contributed by atoms with Gasteiger partial charge in [0.1, 0.15) is 0 Å². The summed E-state index contributed by atoms with van der Waals surface area (Å²) in [5, 5.41) is 3.00. The van der Waals surface area contributed by atoms with Crippen LogP contribution in [0.2, 0.25) is 0 Å². The van der Waals surface area contributed by atoms with Crippen molar-refractivity contribution in [1.29, 1.82) is 0 Å². The molecule has 64 valence electrons. The molecule has 0 aliphatic heterocycles. The lowest BCUT2D eigenvalue weighted by atomic mass is 10.5. The van der Waals surface area contributed by atoms with Crippen LogP contribution in [0, 0.1) is 0 Å². The Bertz CT molecular complexity index is 46.5. The van der Waals surface area contributed by atoms with E-state index in [1.807, 2.05) is 34.7 Å². The van der Waals surface area contributed by atoms with Crippen molar-refractivity contribution in [2.24, 2.45) is 0 Å². The first kappa shape index (κ1) is 12.6. The summed E-state index contributed by atoms with van der Waals surface area (Å²) in [6.45, 7) is 9.83. The molecule has 0 bridgehead atoms. The van der Waals surface area contributed by atoms with Crippen molar-refractivity contribution in [2.45, 2.75) is 33.8 Å². The standard InChI is InChI=1S/C6H15NO.C2H6/c1-6(2)8-5-4-7-3;1-2/h6-7H,4-5H2,1-3H3;1-2H3. The van der Waals surface area contributed by atoms with Crippen molar-refractivity contribution in [3.63, 3.8) is 0 Å². The van der Waals surface area contributed by atoms with Crippen molar-refractivity contribution in [3.8, 4) is 0 Å². The maximum absolute atomic E-state index is 5.22. The van der Waals surface area contributed by atoms with E-state index in [9.17, 15) is 0 Å². The Morgan fingerprint density at radius 2 is 1.80 bits per heavy atom. The van der Waals surface area contributed by atoms with Gasteiger partial charge in [0.2, 0.25) is 0 Å². The van der Waals surface area contributed by atoms with E-state index in [1.165, 1.54) is 0 Å². The van der Waals surface area contributed by atoms with E-state index in [2.05, 4.69) is 5.32 Å². The monoisotopic (exact) mass is 147 g/mol. The number of rotatable bonds is 4. The molecule has 10 heavy (non-hydrogen) atoms. The molecule has 2 nitrogen and oxygen atoms in total. The molecule has 1 N–H and O–H groups in total. The molecule has 2 heteroatoms. The van der Waals surface area contributed by atoms with Crippen molar-refractivity contribution in [3.05, 3.63) is 0 Å². The minimum absolute atomic E-state index is 0.364. The van der Waals surface area contributed by atoms with Crippen LogP contribution in [0.25, 0.3) is 0 Å². The molecule has 0 atom stereocenters. The number of ether oxygens (including phenoxy) is 1. The quantitative estimate of drug-likeness (QED) is 0.611. The van der Waals surface area contributed by atoms with E-state index in [4.69, 9.17) is 4.74 Å². The fourth-order valence-electron chi connectivity index (χ4n) is 0.397. The second-order valence-electron chi connectivity index (χ2n) is 2.02. The highest BCUT2D eigenvalue weighted by Gasteiger charge is 1.88. The molecule has 0 aromatic heterocycles. The van der Waals surface area contributed by atoms with Crippen LogP contribution < -0.4 is 5.32 Å². The smallest absolute Gasteiger partial charge is 0.0594 e. The predicted octanol–water partition coefficient (Wildman–Crippen LogP) is 1.66. The average molecular weight is 147 g/mol. The predicted molar refractivity (Wildman–Crippen MR) is 46.4 cm³/mol. The lowest BCUT2D eigenvalue weighted by molar-refractivity contribution is 0.0818. The fourth-order valence-corrected chi connectivity index (χ4v) is 0.397. The third kappa shape index (κ3) is 15.7. The van der Waals surface area contributed by atoms with E-state index < -0.39 is 0 Å². The zero-order valence-corrected chi connectivity index (χ0v) is 7.90. The van der Waals surface area contributed by atoms with Gasteiger partial charge in [-0.2, -0.15) is 0 Å².